The van der Waals surface area contributed by atoms with Gasteiger partial charge in [0, 0.05) is 62.7 Å². The van der Waals surface area contributed by atoms with E-state index in [2.05, 4.69) is 0 Å². The largest absolute Gasteiger partial charge is 0.342 e. The monoisotopic (exact) mass is 380 g/mol. The van der Waals surface area contributed by atoms with Crippen LogP contribution in [0.1, 0.15) is 37.4 Å². The van der Waals surface area contributed by atoms with Crippen LogP contribution in [0.4, 0.5) is 0 Å². The Morgan fingerprint density at radius 3 is 2.58 bits per heavy atom. The highest BCUT2D eigenvalue weighted by molar-refractivity contribution is 5.85. The van der Waals surface area contributed by atoms with Gasteiger partial charge in [-0.15, -0.1) is 12.4 Å². The van der Waals surface area contributed by atoms with Gasteiger partial charge in [-0.1, -0.05) is 6.07 Å². The zero-order valence-electron chi connectivity index (χ0n) is 14.8. The van der Waals surface area contributed by atoms with Crippen molar-refractivity contribution in [3.05, 3.63) is 34.2 Å². The third-order valence-electron chi connectivity index (χ3n) is 5.88. The van der Waals surface area contributed by atoms with Crippen molar-refractivity contribution in [1.29, 1.82) is 0 Å². The summed E-state index contributed by atoms with van der Waals surface area (Å²) in [6.07, 6.45) is 1.63. The molecule has 0 aliphatic carbocycles. The predicted octanol–water partition coefficient (Wildman–Crippen LogP) is 0.336. The molecule has 142 valence electrons. The summed E-state index contributed by atoms with van der Waals surface area (Å²) in [6.45, 7) is 3.89. The van der Waals surface area contributed by atoms with Gasteiger partial charge in [-0.2, -0.15) is 0 Å². The number of carbonyl (C=O) groups excluding carboxylic acids is 2. The molecule has 0 saturated carbocycles. The molecule has 7 nitrogen and oxygen atoms in total. The fourth-order valence-corrected chi connectivity index (χ4v) is 4.68. The Balaban J connectivity index is 0.00000196. The third-order valence-corrected chi connectivity index (χ3v) is 5.88. The second-order valence-electron chi connectivity index (χ2n) is 7.55. The van der Waals surface area contributed by atoms with E-state index in [0.717, 1.165) is 18.5 Å². The third kappa shape index (κ3) is 3.03. The van der Waals surface area contributed by atoms with Crippen LogP contribution >= 0.6 is 12.4 Å². The molecule has 1 aromatic heterocycles. The Kier molecular flexibility index (Phi) is 5.12. The Hall–Kier alpha value is -1.86. The van der Waals surface area contributed by atoms with E-state index in [9.17, 15) is 14.4 Å². The zero-order chi connectivity index (χ0) is 17.7. The number of halogens is 1. The molecule has 2 saturated heterocycles. The Labute approximate surface area is 158 Å². The number of hydrogen-bond donors (Lipinski definition) is 1. The van der Waals surface area contributed by atoms with Gasteiger partial charge in [0.1, 0.15) is 6.04 Å². The topological polar surface area (TPSA) is 88.6 Å². The quantitative estimate of drug-likeness (QED) is 0.760. The molecule has 2 bridgehead atoms. The summed E-state index contributed by atoms with van der Waals surface area (Å²) in [5.74, 6) is 0.0770. The van der Waals surface area contributed by atoms with Crippen LogP contribution in [0.3, 0.4) is 0 Å². The van der Waals surface area contributed by atoms with Crippen molar-refractivity contribution in [3.63, 3.8) is 0 Å². The summed E-state index contributed by atoms with van der Waals surface area (Å²) >= 11 is 0. The molecule has 2 N–H and O–H groups in total. The summed E-state index contributed by atoms with van der Waals surface area (Å²) in [6, 6.07) is 4.65. The van der Waals surface area contributed by atoms with Crippen LogP contribution in [0.15, 0.2) is 23.0 Å². The molecule has 4 heterocycles. The lowest BCUT2D eigenvalue weighted by Crippen LogP contribution is -2.54. The number of amides is 2. The van der Waals surface area contributed by atoms with Gasteiger partial charge in [0.05, 0.1) is 0 Å². The van der Waals surface area contributed by atoms with Gasteiger partial charge in [-0.25, -0.2) is 0 Å². The van der Waals surface area contributed by atoms with E-state index in [1.165, 1.54) is 6.07 Å². The minimum absolute atomic E-state index is 0. The first-order valence-electron chi connectivity index (χ1n) is 8.97. The Morgan fingerprint density at radius 1 is 1.15 bits per heavy atom. The molecule has 3 aliphatic heterocycles. The first kappa shape index (κ1) is 18.9. The number of fused-ring (bicyclic) bond motifs is 4. The molecule has 26 heavy (non-hydrogen) atoms. The molecule has 2 fully saturated rings. The lowest BCUT2D eigenvalue weighted by Gasteiger charge is -2.46. The maximum Gasteiger partial charge on any atom is 0.251 e. The number of likely N-dealkylation sites (tertiary alicyclic amines) is 2. The highest BCUT2D eigenvalue weighted by Crippen LogP contribution is 2.42. The number of pyridine rings is 1. The average Bonchev–Trinajstić information content (AvgIpc) is 3.02. The molecule has 4 rings (SSSR count). The number of carbonyl (C=O) groups is 2. The van der Waals surface area contributed by atoms with Crippen LogP contribution < -0.4 is 11.3 Å². The molecular weight excluding hydrogens is 356 g/mol. The van der Waals surface area contributed by atoms with Crippen molar-refractivity contribution in [2.75, 3.05) is 26.2 Å². The summed E-state index contributed by atoms with van der Waals surface area (Å²) in [5.41, 5.74) is 6.70. The van der Waals surface area contributed by atoms with Gasteiger partial charge in [0.2, 0.25) is 11.8 Å². The fraction of sp³-hybridized carbons (Fsp3) is 0.611. The molecular formula is C18H25ClN4O3. The van der Waals surface area contributed by atoms with E-state index in [1.807, 2.05) is 11.0 Å². The molecule has 8 heteroatoms. The minimum atomic E-state index is -0.535. The van der Waals surface area contributed by atoms with Crippen LogP contribution in [-0.2, 0) is 9.59 Å². The summed E-state index contributed by atoms with van der Waals surface area (Å²) in [5, 5.41) is 0. The standard InChI is InChI=1S/C18H24N4O3.ClH/c1-11(23)21-8-12-7-13(9-21)17(18(25)20-6-5-14(19)10-20)22-15(12)3-2-4-16(22)24;/h2-4,12-14,17H,5-10,19H2,1H3;1H/t12-,13+,14+,17-;/m1./s1. The Bertz CT molecular complexity index is 780. The molecule has 2 amide bonds. The van der Waals surface area contributed by atoms with Crippen LogP contribution in [0, 0.1) is 5.92 Å². The van der Waals surface area contributed by atoms with E-state index in [4.69, 9.17) is 5.73 Å². The van der Waals surface area contributed by atoms with E-state index >= 15 is 0 Å². The summed E-state index contributed by atoms with van der Waals surface area (Å²) in [7, 11) is 0. The molecule has 0 aromatic carbocycles. The first-order valence-corrected chi connectivity index (χ1v) is 8.97. The number of rotatable bonds is 1. The molecule has 0 radical (unpaired) electrons. The van der Waals surface area contributed by atoms with Crippen LogP contribution in [0.25, 0.3) is 0 Å². The maximum atomic E-state index is 13.2. The highest BCUT2D eigenvalue weighted by Gasteiger charge is 2.46. The molecule has 0 spiro atoms. The van der Waals surface area contributed by atoms with E-state index in [1.54, 1.807) is 22.5 Å². The smallest absolute Gasteiger partial charge is 0.251 e. The van der Waals surface area contributed by atoms with Crippen molar-refractivity contribution in [2.24, 2.45) is 11.7 Å². The minimum Gasteiger partial charge on any atom is -0.342 e. The van der Waals surface area contributed by atoms with Gasteiger partial charge in [-0.3, -0.25) is 19.0 Å². The van der Waals surface area contributed by atoms with Crippen molar-refractivity contribution < 1.29 is 9.59 Å². The molecule has 1 aromatic rings. The SMILES string of the molecule is CC(=O)N1C[C@H]2C[C@@H](C1)[C@H](C(=O)N1CC[C@H](N)C1)n1c2cccc1=O.Cl. The van der Waals surface area contributed by atoms with Crippen LogP contribution in [0.5, 0.6) is 0 Å². The van der Waals surface area contributed by atoms with Gasteiger partial charge >= 0.3 is 0 Å². The fourth-order valence-electron chi connectivity index (χ4n) is 4.68. The van der Waals surface area contributed by atoms with Gasteiger partial charge in [0.15, 0.2) is 0 Å². The van der Waals surface area contributed by atoms with Gasteiger partial charge in [0.25, 0.3) is 5.56 Å². The average molecular weight is 381 g/mol. The van der Waals surface area contributed by atoms with Gasteiger partial charge in [-0.05, 0) is 18.9 Å². The second-order valence-corrected chi connectivity index (χ2v) is 7.55. The van der Waals surface area contributed by atoms with Crippen molar-refractivity contribution >= 4 is 24.2 Å². The number of hydrogen-bond acceptors (Lipinski definition) is 4. The van der Waals surface area contributed by atoms with Crippen LogP contribution in [0.2, 0.25) is 0 Å². The number of nitrogens with zero attached hydrogens (tertiary/aromatic N) is 3. The molecule has 0 unspecified atom stereocenters. The van der Waals surface area contributed by atoms with Gasteiger partial charge < -0.3 is 15.5 Å². The number of nitrogens with two attached hydrogens (primary N) is 1. The predicted molar refractivity (Wildman–Crippen MR) is 99.3 cm³/mol. The lowest BCUT2D eigenvalue weighted by atomic mass is 9.78. The summed E-state index contributed by atoms with van der Waals surface area (Å²) < 4.78 is 1.68. The van der Waals surface area contributed by atoms with Crippen molar-refractivity contribution in [1.82, 2.24) is 14.4 Å². The lowest BCUT2D eigenvalue weighted by molar-refractivity contribution is -0.140. The normalized spacial score (nSPS) is 29.8. The van der Waals surface area contributed by atoms with Crippen molar-refractivity contribution in [3.8, 4) is 0 Å². The maximum absolute atomic E-state index is 13.2. The summed E-state index contributed by atoms with van der Waals surface area (Å²) in [4.78, 5) is 41.4. The first-order chi connectivity index (χ1) is 12.0. The molecule has 3 aliphatic rings. The highest BCUT2D eigenvalue weighted by atomic mass is 35.5. The van der Waals surface area contributed by atoms with Crippen LogP contribution in [-0.4, -0.2) is 58.4 Å². The van der Waals surface area contributed by atoms with E-state index < -0.39 is 6.04 Å². The van der Waals surface area contributed by atoms with E-state index in [0.29, 0.717) is 26.2 Å². The number of aromatic nitrogens is 1. The van der Waals surface area contributed by atoms with E-state index in [-0.39, 0.29) is 47.7 Å². The second kappa shape index (κ2) is 7.04. The molecule has 4 atom stereocenters. The Morgan fingerprint density at radius 2 is 1.92 bits per heavy atom. The zero-order valence-corrected chi connectivity index (χ0v) is 15.7. The number of piperidine rings is 1. The van der Waals surface area contributed by atoms with Crippen molar-refractivity contribution in [2.45, 2.75) is 37.8 Å².